The van der Waals surface area contributed by atoms with Crippen LogP contribution >= 0.6 is 0 Å². The van der Waals surface area contributed by atoms with Gasteiger partial charge >= 0.3 is 0 Å². The van der Waals surface area contributed by atoms with E-state index in [4.69, 9.17) is 4.74 Å². The zero-order valence-corrected chi connectivity index (χ0v) is 17.0. The van der Waals surface area contributed by atoms with E-state index < -0.39 is 0 Å². The molecule has 0 radical (unpaired) electrons. The number of carbonyl (C=O) groups is 1. The fourth-order valence-electron chi connectivity index (χ4n) is 3.35. The van der Waals surface area contributed by atoms with Crippen molar-refractivity contribution in [3.05, 3.63) is 48.2 Å². The minimum Gasteiger partial charge on any atom is -0.495 e. The lowest BCUT2D eigenvalue weighted by atomic mass is 10.1. The Morgan fingerprint density at radius 3 is 2.46 bits per heavy atom. The number of para-hydroxylation sites is 2. The van der Waals surface area contributed by atoms with Crippen LogP contribution in [0.1, 0.15) is 30.6 Å². The second-order valence-electron chi connectivity index (χ2n) is 7.49. The Balaban J connectivity index is 1.55. The van der Waals surface area contributed by atoms with Crippen molar-refractivity contribution < 1.29 is 9.53 Å². The fourth-order valence-corrected chi connectivity index (χ4v) is 3.35. The first-order chi connectivity index (χ1) is 13.6. The standard InChI is InChI=1S/C22H30N4O2/c1-17(2)10-11-23-22(27)18-8-9-21(24-16-18)26-14-12-25(13-15-26)19-6-4-5-7-20(19)28-3/h4-9,16-17H,10-15H2,1-3H3,(H,23,27). The van der Waals surface area contributed by atoms with Crippen LogP contribution in [0.4, 0.5) is 11.5 Å². The van der Waals surface area contributed by atoms with Crippen molar-refractivity contribution in [3.8, 4) is 5.75 Å². The molecule has 150 valence electrons. The van der Waals surface area contributed by atoms with E-state index in [1.165, 1.54) is 0 Å². The molecule has 2 heterocycles. The van der Waals surface area contributed by atoms with Crippen LogP contribution in [-0.4, -0.2) is 50.7 Å². The molecule has 6 nitrogen and oxygen atoms in total. The molecule has 1 aliphatic heterocycles. The molecule has 0 bridgehead atoms. The summed E-state index contributed by atoms with van der Waals surface area (Å²) < 4.78 is 5.48. The third-order valence-electron chi connectivity index (χ3n) is 5.05. The molecule has 0 spiro atoms. The summed E-state index contributed by atoms with van der Waals surface area (Å²) >= 11 is 0. The average molecular weight is 383 g/mol. The Kier molecular flexibility index (Phi) is 6.74. The summed E-state index contributed by atoms with van der Waals surface area (Å²) in [6.45, 7) is 8.56. The van der Waals surface area contributed by atoms with Gasteiger partial charge in [-0.3, -0.25) is 4.79 Å². The van der Waals surface area contributed by atoms with Crippen molar-refractivity contribution in [2.24, 2.45) is 5.92 Å². The quantitative estimate of drug-likeness (QED) is 0.797. The van der Waals surface area contributed by atoms with Crippen LogP contribution in [0.2, 0.25) is 0 Å². The first-order valence-corrected chi connectivity index (χ1v) is 9.95. The van der Waals surface area contributed by atoms with Crippen LogP contribution in [-0.2, 0) is 0 Å². The molecule has 1 amide bonds. The molecule has 1 saturated heterocycles. The molecule has 1 aliphatic rings. The normalized spacial score (nSPS) is 14.3. The zero-order chi connectivity index (χ0) is 19.9. The highest BCUT2D eigenvalue weighted by molar-refractivity contribution is 5.94. The van der Waals surface area contributed by atoms with Crippen molar-refractivity contribution >= 4 is 17.4 Å². The van der Waals surface area contributed by atoms with Crippen molar-refractivity contribution in [2.45, 2.75) is 20.3 Å². The molecule has 0 aliphatic carbocycles. The maximum atomic E-state index is 12.2. The number of hydrogen-bond donors (Lipinski definition) is 1. The first-order valence-electron chi connectivity index (χ1n) is 9.95. The van der Waals surface area contributed by atoms with Crippen LogP contribution < -0.4 is 19.9 Å². The summed E-state index contributed by atoms with van der Waals surface area (Å²) in [6, 6.07) is 11.9. The second kappa shape index (κ2) is 9.44. The highest BCUT2D eigenvalue weighted by Gasteiger charge is 2.20. The van der Waals surface area contributed by atoms with Gasteiger partial charge in [-0.15, -0.1) is 0 Å². The van der Waals surface area contributed by atoms with Crippen molar-refractivity contribution in [2.75, 3.05) is 49.6 Å². The molecule has 1 N–H and O–H groups in total. The Hall–Kier alpha value is -2.76. The highest BCUT2D eigenvalue weighted by atomic mass is 16.5. The van der Waals surface area contributed by atoms with Gasteiger partial charge < -0.3 is 19.9 Å². The third-order valence-corrected chi connectivity index (χ3v) is 5.05. The van der Waals surface area contributed by atoms with Gasteiger partial charge in [0, 0.05) is 38.9 Å². The van der Waals surface area contributed by atoms with E-state index in [9.17, 15) is 4.79 Å². The van der Waals surface area contributed by atoms with E-state index in [0.717, 1.165) is 49.9 Å². The molecule has 0 saturated carbocycles. The van der Waals surface area contributed by atoms with Gasteiger partial charge in [-0.1, -0.05) is 26.0 Å². The van der Waals surface area contributed by atoms with E-state index >= 15 is 0 Å². The monoisotopic (exact) mass is 382 g/mol. The van der Waals surface area contributed by atoms with Gasteiger partial charge in [0.05, 0.1) is 18.4 Å². The van der Waals surface area contributed by atoms with E-state index in [1.54, 1.807) is 13.3 Å². The van der Waals surface area contributed by atoms with E-state index in [-0.39, 0.29) is 5.91 Å². The van der Waals surface area contributed by atoms with Gasteiger partial charge in [0.1, 0.15) is 11.6 Å². The first kappa shape index (κ1) is 20.0. The van der Waals surface area contributed by atoms with Crippen LogP contribution in [0.5, 0.6) is 5.75 Å². The molecule has 0 unspecified atom stereocenters. The molecule has 28 heavy (non-hydrogen) atoms. The lowest BCUT2D eigenvalue weighted by Crippen LogP contribution is -2.47. The number of ether oxygens (including phenoxy) is 1. The number of hydrogen-bond acceptors (Lipinski definition) is 5. The summed E-state index contributed by atoms with van der Waals surface area (Å²) in [7, 11) is 1.71. The Labute approximate surface area is 167 Å². The molecular formula is C22H30N4O2. The molecule has 1 fully saturated rings. The largest absolute Gasteiger partial charge is 0.495 e. The number of nitrogens with one attached hydrogen (secondary N) is 1. The smallest absolute Gasteiger partial charge is 0.252 e. The SMILES string of the molecule is COc1ccccc1N1CCN(c2ccc(C(=O)NCCC(C)C)cn2)CC1. The molecule has 3 rings (SSSR count). The maximum absolute atomic E-state index is 12.2. The van der Waals surface area contributed by atoms with Gasteiger partial charge in [0.15, 0.2) is 0 Å². The summed E-state index contributed by atoms with van der Waals surface area (Å²) in [6.07, 6.45) is 2.65. The average Bonchev–Trinajstić information content (AvgIpc) is 2.73. The predicted octanol–water partition coefficient (Wildman–Crippen LogP) is 3.19. The second-order valence-corrected chi connectivity index (χ2v) is 7.49. The van der Waals surface area contributed by atoms with Gasteiger partial charge in [0.25, 0.3) is 5.91 Å². The van der Waals surface area contributed by atoms with Crippen LogP contribution in [0.15, 0.2) is 42.6 Å². The zero-order valence-electron chi connectivity index (χ0n) is 17.0. The molecule has 0 atom stereocenters. The number of aromatic nitrogens is 1. The lowest BCUT2D eigenvalue weighted by molar-refractivity contribution is 0.0951. The summed E-state index contributed by atoms with van der Waals surface area (Å²) in [5, 5.41) is 2.95. The van der Waals surface area contributed by atoms with Gasteiger partial charge in [0.2, 0.25) is 0 Å². The Morgan fingerprint density at radius 2 is 1.82 bits per heavy atom. The number of carbonyl (C=O) groups excluding carboxylic acids is 1. The van der Waals surface area contributed by atoms with Crippen LogP contribution in [0.25, 0.3) is 0 Å². The number of piperazine rings is 1. The number of benzene rings is 1. The summed E-state index contributed by atoms with van der Waals surface area (Å²) in [4.78, 5) is 21.3. The fraction of sp³-hybridized carbons (Fsp3) is 0.455. The Morgan fingerprint density at radius 1 is 1.11 bits per heavy atom. The summed E-state index contributed by atoms with van der Waals surface area (Å²) in [5.74, 6) is 2.34. The Bertz CT molecular complexity index is 768. The molecule has 2 aromatic rings. The third kappa shape index (κ3) is 4.94. The molecule has 1 aromatic carbocycles. The van der Waals surface area contributed by atoms with Crippen molar-refractivity contribution in [1.82, 2.24) is 10.3 Å². The lowest BCUT2D eigenvalue weighted by Gasteiger charge is -2.37. The van der Waals surface area contributed by atoms with E-state index in [0.29, 0.717) is 18.0 Å². The van der Waals surface area contributed by atoms with E-state index in [2.05, 4.69) is 40.0 Å². The van der Waals surface area contributed by atoms with Crippen molar-refractivity contribution in [1.29, 1.82) is 0 Å². The molecule has 6 heteroatoms. The van der Waals surface area contributed by atoms with Gasteiger partial charge in [-0.2, -0.15) is 0 Å². The summed E-state index contributed by atoms with van der Waals surface area (Å²) in [5.41, 5.74) is 1.74. The number of amides is 1. The number of pyridine rings is 1. The number of rotatable bonds is 7. The topological polar surface area (TPSA) is 57.7 Å². The predicted molar refractivity (Wildman–Crippen MR) is 113 cm³/mol. The van der Waals surface area contributed by atoms with E-state index in [1.807, 2.05) is 30.3 Å². The highest BCUT2D eigenvalue weighted by Crippen LogP contribution is 2.28. The number of nitrogens with zero attached hydrogens (tertiary/aromatic N) is 3. The van der Waals surface area contributed by atoms with Crippen LogP contribution in [0, 0.1) is 5.92 Å². The van der Waals surface area contributed by atoms with Gasteiger partial charge in [-0.25, -0.2) is 4.98 Å². The molecular weight excluding hydrogens is 352 g/mol. The number of anilines is 2. The van der Waals surface area contributed by atoms with Crippen molar-refractivity contribution in [3.63, 3.8) is 0 Å². The van der Waals surface area contributed by atoms with Gasteiger partial charge in [-0.05, 0) is 36.6 Å². The minimum atomic E-state index is -0.0549. The number of methoxy groups -OCH3 is 1. The van der Waals surface area contributed by atoms with Crippen LogP contribution in [0.3, 0.4) is 0 Å². The molecule has 1 aromatic heterocycles. The minimum absolute atomic E-state index is 0.0549. The maximum Gasteiger partial charge on any atom is 0.252 e.